The van der Waals surface area contributed by atoms with Crippen LogP contribution in [-0.4, -0.2) is 11.2 Å². The van der Waals surface area contributed by atoms with Crippen molar-refractivity contribution in [2.45, 2.75) is 58.0 Å². The van der Waals surface area contributed by atoms with Gasteiger partial charge in [-0.05, 0) is 51.0 Å². The second-order valence-electron chi connectivity index (χ2n) is 5.12. The smallest absolute Gasteiger partial charge is 0.167 e. The highest BCUT2D eigenvalue weighted by atomic mass is 32.1. The van der Waals surface area contributed by atoms with Crippen LogP contribution >= 0.6 is 12.2 Å². The van der Waals surface area contributed by atoms with Crippen LogP contribution < -0.4 is 10.6 Å². The zero-order valence-electron chi connectivity index (χ0n) is 11.2. The fourth-order valence-electron chi connectivity index (χ4n) is 2.43. The lowest BCUT2D eigenvalue weighted by molar-refractivity contribution is 0.406. The van der Waals surface area contributed by atoms with Crippen molar-refractivity contribution in [3.05, 3.63) is 23.7 Å². The molecule has 0 bridgehead atoms. The summed E-state index contributed by atoms with van der Waals surface area (Å²) in [6.07, 6.45) is 6.45. The van der Waals surface area contributed by atoms with E-state index in [1.807, 2.05) is 19.1 Å². The van der Waals surface area contributed by atoms with E-state index in [-0.39, 0.29) is 6.04 Å². The first-order valence-electron chi connectivity index (χ1n) is 6.78. The van der Waals surface area contributed by atoms with Crippen molar-refractivity contribution in [1.29, 1.82) is 0 Å². The minimum Gasteiger partial charge on any atom is -0.464 e. The summed E-state index contributed by atoms with van der Waals surface area (Å²) in [7, 11) is 0. The van der Waals surface area contributed by atoms with Crippen LogP contribution in [0.3, 0.4) is 0 Å². The van der Waals surface area contributed by atoms with E-state index in [1.165, 1.54) is 32.1 Å². The fraction of sp³-hybridized carbons (Fsp3) is 0.643. The van der Waals surface area contributed by atoms with Crippen molar-refractivity contribution in [1.82, 2.24) is 10.6 Å². The molecule has 0 amide bonds. The van der Waals surface area contributed by atoms with Gasteiger partial charge in [0.25, 0.3) is 0 Å². The Bertz CT molecular complexity index is 396. The van der Waals surface area contributed by atoms with Gasteiger partial charge in [0.2, 0.25) is 0 Å². The van der Waals surface area contributed by atoms with Crippen molar-refractivity contribution in [3.63, 3.8) is 0 Å². The summed E-state index contributed by atoms with van der Waals surface area (Å²) in [6, 6.07) is 4.63. The van der Waals surface area contributed by atoms with E-state index >= 15 is 0 Å². The average molecular weight is 266 g/mol. The van der Waals surface area contributed by atoms with E-state index in [0.29, 0.717) is 6.04 Å². The molecule has 2 N–H and O–H groups in total. The van der Waals surface area contributed by atoms with E-state index in [0.717, 1.165) is 16.6 Å². The molecule has 1 unspecified atom stereocenters. The van der Waals surface area contributed by atoms with E-state index in [2.05, 4.69) is 17.6 Å². The number of aryl methyl sites for hydroxylation is 1. The molecule has 2 rings (SSSR count). The topological polar surface area (TPSA) is 37.2 Å². The van der Waals surface area contributed by atoms with Gasteiger partial charge in [-0.25, -0.2) is 0 Å². The molecule has 3 nitrogen and oxygen atoms in total. The Morgan fingerprint density at radius 3 is 2.67 bits per heavy atom. The molecule has 0 radical (unpaired) electrons. The van der Waals surface area contributed by atoms with Crippen molar-refractivity contribution >= 4 is 17.3 Å². The molecule has 1 heterocycles. The Morgan fingerprint density at radius 1 is 1.33 bits per heavy atom. The predicted octanol–water partition coefficient (Wildman–Crippen LogP) is 3.45. The highest BCUT2D eigenvalue weighted by molar-refractivity contribution is 7.80. The zero-order valence-corrected chi connectivity index (χ0v) is 12.0. The van der Waals surface area contributed by atoms with Gasteiger partial charge in [0, 0.05) is 6.04 Å². The lowest BCUT2D eigenvalue weighted by atomic mass is 9.96. The van der Waals surface area contributed by atoms with Gasteiger partial charge in [0.1, 0.15) is 11.5 Å². The van der Waals surface area contributed by atoms with Gasteiger partial charge in [0.15, 0.2) is 5.11 Å². The summed E-state index contributed by atoms with van der Waals surface area (Å²) in [4.78, 5) is 0. The summed E-state index contributed by atoms with van der Waals surface area (Å²) in [5.41, 5.74) is 0. The average Bonchev–Trinajstić information content (AvgIpc) is 2.77. The van der Waals surface area contributed by atoms with Gasteiger partial charge in [-0.1, -0.05) is 19.3 Å². The van der Waals surface area contributed by atoms with Crippen molar-refractivity contribution in [2.75, 3.05) is 0 Å². The van der Waals surface area contributed by atoms with Gasteiger partial charge < -0.3 is 15.1 Å². The summed E-state index contributed by atoms with van der Waals surface area (Å²) >= 11 is 5.35. The largest absolute Gasteiger partial charge is 0.464 e. The molecule has 1 aliphatic rings. The first-order chi connectivity index (χ1) is 8.65. The monoisotopic (exact) mass is 266 g/mol. The van der Waals surface area contributed by atoms with E-state index in [4.69, 9.17) is 16.6 Å². The van der Waals surface area contributed by atoms with Gasteiger partial charge in [-0.15, -0.1) is 0 Å². The maximum atomic E-state index is 5.59. The van der Waals surface area contributed by atoms with Crippen molar-refractivity contribution in [3.8, 4) is 0 Å². The Kier molecular flexibility index (Phi) is 4.64. The molecule has 1 saturated carbocycles. The summed E-state index contributed by atoms with van der Waals surface area (Å²) < 4.78 is 5.59. The quantitative estimate of drug-likeness (QED) is 0.822. The molecule has 0 aromatic carbocycles. The van der Waals surface area contributed by atoms with E-state index in [9.17, 15) is 0 Å². The van der Waals surface area contributed by atoms with E-state index in [1.54, 1.807) is 0 Å². The van der Waals surface area contributed by atoms with E-state index < -0.39 is 0 Å². The minimum absolute atomic E-state index is 0.113. The third-order valence-electron chi connectivity index (χ3n) is 3.48. The Morgan fingerprint density at radius 2 is 2.06 bits per heavy atom. The van der Waals surface area contributed by atoms with Crippen LogP contribution in [0.2, 0.25) is 0 Å². The van der Waals surface area contributed by atoms with Crippen LogP contribution in [-0.2, 0) is 0 Å². The second-order valence-corrected chi connectivity index (χ2v) is 5.53. The standard InChI is InChI=1S/C14H22N2OS/c1-10-8-9-13(17-10)11(2)15-14(18)16-12-6-4-3-5-7-12/h8-9,11-12H,3-7H2,1-2H3,(H2,15,16,18). The molecule has 1 fully saturated rings. The molecule has 100 valence electrons. The molecule has 1 atom stereocenters. The maximum Gasteiger partial charge on any atom is 0.167 e. The molecule has 1 aromatic rings. The molecule has 0 aliphatic heterocycles. The van der Waals surface area contributed by atoms with Crippen LogP contribution in [0, 0.1) is 6.92 Å². The summed E-state index contributed by atoms with van der Waals surface area (Å²) in [5, 5.41) is 7.43. The lowest BCUT2D eigenvalue weighted by Gasteiger charge is -2.25. The highest BCUT2D eigenvalue weighted by Crippen LogP contribution is 2.18. The summed E-state index contributed by atoms with van der Waals surface area (Å²) in [5.74, 6) is 1.87. The Balaban J connectivity index is 1.79. The van der Waals surface area contributed by atoms with Crippen molar-refractivity contribution in [2.24, 2.45) is 0 Å². The Labute approximate surface area is 114 Å². The van der Waals surface area contributed by atoms with Crippen LogP contribution in [0.15, 0.2) is 16.5 Å². The van der Waals surface area contributed by atoms with Gasteiger partial charge in [-0.3, -0.25) is 0 Å². The third kappa shape index (κ3) is 3.73. The molecule has 4 heteroatoms. The van der Waals surface area contributed by atoms with Crippen molar-refractivity contribution < 1.29 is 4.42 Å². The fourth-order valence-corrected chi connectivity index (χ4v) is 2.77. The molecule has 0 spiro atoms. The van der Waals surface area contributed by atoms with Gasteiger partial charge in [0.05, 0.1) is 6.04 Å². The molecule has 0 saturated heterocycles. The maximum absolute atomic E-state index is 5.59. The first kappa shape index (κ1) is 13.4. The molecular weight excluding hydrogens is 244 g/mol. The molecular formula is C14H22N2OS. The minimum atomic E-state index is 0.113. The molecule has 18 heavy (non-hydrogen) atoms. The van der Waals surface area contributed by atoms with Crippen LogP contribution in [0.25, 0.3) is 0 Å². The van der Waals surface area contributed by atoms with Gasteiger partial charge in [-0.2, -0.15) is 0 Å². The number of rotatable bonds is 3. The van der Waals surface area contributed by atoms with Gasteiger partial charge >= 0.3 is 0 Å². The SMILES string of the molecule is Cc1ccc(C(C)NC(=S)NC2CCCCC2)o1. The number of furan rings is 1. The normalized spacial score (nSPS) is 18.3. The second kappa shape index (κ2) is 6.23. The molecule has 1 aromatic heterocycles. The number of hydrogen-bond donors (Lipinski definition) is 2. The highest BCUT2D eigenvalue weighted by Gasteiger charge is 2.16. The number of thiocarbonyl (C=S) groups is 1. The third-order valence-corrected chi connectivity index (χ3v) is 3.71. The van der Waals surface area contributed by atoms with Crippen LogP contribution in [0.5, 0.6) is 0 Å². The first-order valence-corrected chi connectivity index (χ1v) is 7.19. The lowest BCUT2D eigenvalue weighted by Crippen LogP contribution is -2.43. The number of hydrogen-bond acceptors (Lipinski definition) is 2. The predicted molar refractivity (Wildman–Crippen MR) is 77.6 cm³/mol. The van der Waals surface area contributed by atoms with Crippen LogP contribution in [0.4, 0.5) is 0 Å². The molecule has 1 aliphatic carbocycles. The zero-order chi connectivity index (χ0) is 13.0. The summed E-state index contributed by atoms with van der Waals surface area (Å²) in [6.45, 7) is 4.02. The van der Waals surface area contributed by atoms with Crippen LogP contribution in [0.1, 0.15) is 56.6 Å². The number of nitrogens with one attached hydrogen (secondary N) is 2. The Hall–Kier alpha value is -1.03.